The molecule has 5 heteroatoms. The highest BCUT2D eigenvalue weighted by molar-refractivity contribution is 6.14. The van der Waals surface area contributed by atoms with Crippen molar-refractivity contribution in [3.63, 3.8) is 0 Å². The number of rotatable bonds is 5. The number of esters is 1. The number of carbonyl (C=O) groups excluding carboxylic acids is 2. The summed E-state index contributed by atoms with van der Waals surface area (Å²) in [4.78, 5) is 23.8. The van der Waals surface area contributed by atoms with Crippen molar-refractivity contribution in [3.05, 3.63) is 59.4 Å². The Balaban J connectivity index is 1.80. The Labute approximate surface area is 145 Å². The van der Waals surface area contributed by atoms with Gasteiger partial charge in [-0.05, 0) is 42.8 Å². The quantitative estimate of drug-likeness (QED) is 0.468. The first-order valence-corrected chi connectivity index (χ1v) is 8.12. The Bertz CT molecular complexity index is 834. The molecule has 0 amide bonds. The van der Waals surface area contributed by atoms with Crippen LogP contribution in [0.25, 0.3) is 6.08 Å². The van der Waals surface area contributed by atoms with Gasteiger partial charge in [0.2, 0.25) is 5.78 Å². The third kappa shape index (κ3) is 3.71. The summed E-state index contributed by atoms with van der Waals surface area (Å²) < 4.78 is 16.2. The molecule has 2 aromatic carbocycles. The van der Waals surface area contributed by atoms with E-state index < -0.39 is 0 Å². The van der Waals surface area contributed by atoms with Crippen LogP contribution in [0.4, 0.5) is 0 Å². The molecule has 0 aliphatic carbocycles. The van der Waals surface area contributed by atoms with Crippen molar-refractivity contribution in [1.82, 2.24) is 0 Å². The normalized spacial score (nSPS) is 14.2. The van der Waals surface area contributed by atoms with Gasteiger partial charge in [0.1, 0.15) is 17.2 Å². The molecule has 0 fully saturated rings. The molecule has 0 atom stereocenters. The predicted molar refractivity (Wildman–Crippen MR) is 92.9 cm³/mol. The fourth-order valence-electron chi connectivity index (χ4n) is 2.41. The smallest absolute Gasteiger partial charge is 0.310 e. The van der Waals surface area contributed by atoms with Gasteiger partial charge < -0.3 is 14.2 Å². The van der Waals surface area contributed by atoms with E-state index in [2.05, 4.69) is 0 Å². The van der Waals surface area contributed by atoms with Crippen LogP contribution in [0.2, 0.25) is 0 Å². The zero-order valence-corrected chi connectivity index (χ0v) is 14.1. The molecule has 3 rings (SSSR count). The maximum Gasteiger partial charge on any atom is 0.310 e. The standard InChI is InChI=1S/C20H18O5/c1-3-19(21)24-15-9-10-16-17(12-15)25-18(20(16)22)11-13-5-7-14(8-6-13)23-4-2/h5-12H,3-4H2,1-2H3. The largest absolute Gasteiger partial charge is 0.494 e. The molecule has 0 unspecified atom stereocenters. The van der Waals surface area contributed by atoms with Gasteiger partial charge in [0, 0.05) is 12.5 Å². The minimum absolute atomic E-state index is 0.197. The number of allylic oxidation sites excluding steroid dienone is 1. The number of hydrogen-bond donors (Lipinski definition) is 0. The maximum atomic E-state index is 12.4. The summed E-state index contributed by atoms with van der Waals surface area (Å²) in [6, 6.07) is 12.1. The molecule has 0 saturated heterocycles. The van der Waals surface area contributed by atoms with Crippen molar-refractivity contribution >= 4 is 17.8 Å². The summed E-state index contributed by atoms with van der Waals surface area (Å²) in [5.74, 6) is 1.23. The van der Waals surface area contributed by atoms with Crippen LogP contribution in [0.1, 0.15) is 36.2 Å². The lowest BCUT2D eigenvalue weighted by atomic mass is 10.1. The van der Waals surface area contributed by atoms with Crippen molar-refractivity contribution in [2.45, 2.75) is 20.3 Å². The number of fused-ring (bicyclic) bond motifs is 1. The van der Waals surface area contributed by atoms with Crippen LogP contribution in [0.5, 0.6) is 17.2 Å². The zero-order chi connectivity index (χ0) is 17.8. The second-order valence-corrected chi connectivity index (χ2v) is 5.43. The van der Waals surface area contributed by atoms with Gasteiger partial charge in [0.25, 0.3) is 0 Å². The Morgan fingerprint density at radius 1 is 1.08 bits per heavy atom. The first kappa shape index (κ1) is 16.8. The molecule has 128 valence electrons. The van der Waals surface area contributed by atoms with E-state index in [1.165, 1.54) is 0 Å². The van der Waals surface area contributed by atoms with Crippen LogP contribution in [-0.2, 0) is 4.79 Å². The molecule has 1 heterocycles. The molecule has 0 spiro atoms. The molecule has 0 saturated carbocycles. The lowest BCUT2D eigenvalue weighted by Gasteiger charge is -2.04. The monoisotopic (exact) mass is 338 g/mol. The highest BCUT2D eigenvalue weighted by Gasteiger charge is 2.27. The molecular formula is C20H18O5. The summed E-state index contributed by atoms with van der Waals surface area (Å²) >= 11 is 0. The SMILES string of the molecule is CCOc1ccc(C=C2Oc3cc(OC(=O)CC)ccc3C2=O)cc1. The van der Waals surface area contributed by atoms with Crippen LogP contribution in [0.3, 0.4) is 0 Å². The fraction of sp³-hybridized carbons (Fsp3) is 0.200. The number of carbonyl (C=O) groups is 2. The highest BCUT2D eigenvalue weighted by Crippen LogP contribution is 2.35. The number of hydrogen-bond acceptors (Lipinski definition) is 5. The molecule has 2 aromatic rings. The van der Waals surface area contributed by atoms with E-state index in [0.717, 1.165) is 11.3 Å². The van der Waals surface area contributed by atoms with E-state index >= 15 is 0 Å². The van der Waals surface area contributed by atoms with Crippen molar-refractivity contribution in [3.8, 4) is 17.2 Å². The van der Waals surface area contributed by atoms with Crippen molar-refractivity contribution in [2.24, 2.45) is 0 Å². The number of ether oxygens (including phenoxy) is 3. The topological polar surface area (TPSA) is 61.8 Å². The summed E-state index contributed by atoms with van der Waals surface area (Å²) in [6.07, 6.45) is 1.95. The third-order valence-corrected chi connectivity index (χ3v) is 3.65. The molecule has 0 N–H and O–H groups in total. The van der Waals surface area contributed by atoms with Crippen molar-refractivity contribution in [1.29, 1.82) is 0 Å². The molecule has 5 nitrogen and oxygen atoms in total. The highest BCUT2D eigenvalue weighted by atomic mass is 16.5. The lowest BCUT2D eigenvalue weighted by Crippen LogP contribution is -2.05. The average molecular weight is 338 g/mol. The minimum Gasteiger partial charge on any atom is -0.494 e. The van der Waals surface area contributed by atoms with Gasteiger partial charge in [-0.2, -0.15) is 0 Å². The predicted octanol–water partition coefficient (Wildman–Crippen LogP) is 4.02. The summed E-state index contributed by atoms with van der Waals surface area (Å²) in [5.41, 5.74) is 1.28. The Morgan fingerprint density at radius 2 is 1.80 bits per heavy atom. The van der Waals surface area contributed by atoms with E-state index in [4.69, 9.17) is 14.2 Å². The van der Waals surface area contributed by atoms with Crippen LogP contribution >= 0.6 is 0 Å². The van der Waals surface area contributed by atoms with Gasteiger partial charge in [-0.15, -0.1) is 0 Å². The Morgan fingerprint density at radius 3 is 2.48 bits per heavy atom. The third-order valence-electron chi connectivity index (χ3n) is 3.65. The Hall–Kier alpha value is -3.08. The number of benzene rings is 2. The van der Waals surface area contributed by atoms with Gasteiger partial charge >= 0.3 is 5.97 Å². The summed E-state index contributed by atoms with van der Waals surface area (Å²) in [7, 11) is 0. The van der Waals surface area contributed by atoms with Gasteiger partial charge in [-0.25, -0.2) is 0 Å². The van der Waals surface area contributed by atoms with Crippen LogP contribution in [0.15, 0.2) is 48.2 Å². The first-order chi connectivity index (χ1) is 12.1. The van der Waals surface area contributed by atoms with Crippen molar-refractivity contribution < 1.29 is 23.8 Å². The van der Waals surface area contributed by atoms with Crippen molar-refractivity contribution in [2.75, 3.05) is 6.61 Å². The fourth-order valence-corrected chi connectivity index (χ4v) is 2.41. The second-order valence-electron chi connectivity index (χ2n) is 5.43. The van der Waals surface area contributed by atoms with Crippen LogP contribution in [0, 0.1) is 0 Å². The van der Waals surface area contributed by atoms with E-state index in [0.29, 0.717) is 23.7 Å². The number of Topliss-reactive ketones (excluding diaryl/α,β-unsaturated/α-hetero) is 1. The lowest BCUT2D eigenvalue weighted by molar-refractivity contribution is -0.134. The molecule has 25 heavy (non-hydrogen) atoms. The Kier molecular flexibility index (Phi) is 4.84. The zero-order valence-electron chi connectivity index (χ0n) is 14.1. The maximum absolute atomic E-state index is 12.4. The molecule has 0 aromatic heterocycles. The van der Waals surface area contributed by atoms with Gasteiger partial charge in [0.15, 0.2) is 5.76 Å². The van der Waals surface area contributed by atoms with Crippen LogP contribution in [-0.4, -0.2) is 18.4 Å². The van der Waals surface area contributed by atoms with E-state index in [9.17, 15) is 9.59 Å². The molecular weight excluding hydrogens is 320 g/mol. The molecule has 0 bridgehead atoms. The second kappa shape index (κ2) is 7.21. The first-order valence-electron chi connectivity index (χ1n) is 8.12. The van der Waals surface area contributed by atoms with Crippen LogP contribution < -0.4 is 14.2 Å². The summed E-state index contributed by atoms with van der Waals surface area (Å²) in [6.45, 7) is 4.24. The van der Waals surface area contributed by atoms with E-state index in [1.807, 2.05) is 31.2 Å². The van der Waals surface area contributed by atoms with Gasteiger partial charge in [-0.3, -0.25) is 9.59 Å². The summed E-state index contributed by atoms with van der Waals surface area (Å²) in [5, 5.41) is 0. The molecule has 1 aliphatic rings. The number of ketones is 1. The van der Waals surface area contributed by atoms with E-state index in [-0.39, 0.29) is 23.9 Å². The van der Waals surface area contributed by atoms with Gasteiger partial charge in [0.05, 0.1) is 12.2 Å². The van der Waals surface area contributed by atoms with E-state index in [1.54, 1.807) is 31.2 Å². The average Bonchev–Trinajstić information content (AvgIpc) is 2.92. The minimum atomic E-state index is -0.338. The molecule has 1 aliphatic heterocycles. The van der Waals surface area contributed by atoms with Gasteiger partial charge in [-0.1, -0.05) is 19.1 Å². The molecule has 0 radical (unpaired) electrons.